The van der Waals surface area contributed by atoms with E-state index in [0.29, 0.717) is 15.4 Å². The van der Waals surface area contributed by atoms with E-state index < -0.39 is 24.3 Å². The number of H-pyrrole nitrogens is 1. The van der Waals surface area contributed by atoms with Crippen molar-refractivity contribution >= 4 is 32.6 Å². The Hall–Kier alpha value is -2.08. The van der Waals surface area contributed by atoms with Crippen LogP contribution in [-0.4, -0.2) is 16.9 Å². The molecule has 2 aromatic carbocycles. The molecule has 0 fully saturated rings. The Morgan fingerprint density at radius 2 is 1.83 bits per heavy atom. The molecule has 1 heterocycles. The largest absolute Gasteiger partial charge is 0.396 e. The molecule has 1 atom stereocenters. The van der Waals surface area contributed by atoms with Crippen molar-refractivity contribution in [3.63, 3.8) is 0 Å². The third kappa shape index (κ3) is 3.38. The molecule has 0 aliphatic heterocycles. The third-order valence-corrected chi connectivity index (χ3v) is 4.42. The van der Waals surface area contributed by atoms with E-state index in [4.69, 9.17) is 0 Å². The number of alkyl halides is 3. The minimum Gasteiger partial charge on any atom is -0.361 e. The fraction of sp³-hybridized carbons (Fsp3) is 0.167. The molecule has 3 aromatic rings. The second-order valence-electron chi connectivity index (χ2n) is 5.52. The lowest BCUT2D eigenvalue weighted by molar-refractivity contribution is -0.149. The summed E-state index contributed by atoms with van der Waals surface area (Å²) < 4.78 is 41.5. The zero-order valence-corrected chi connectivity index (χ0v) is 14.0. The van der Waals surface area contributed by atoms with E-state index in [9.17, 15) is 18.0 Å². The number of aromatic amines is 1. The lowest BCUT2D eigenvalue weighted by atomic mass is 9.90. The van der Waals surface area contributed by atoms with E-state index in [-0.39, 0.29) is 11.1 Å². The molecule has 3 rings (SSSR count). The molecule has 124 valence electrons. The molecule has 1 N–H and O–H groups in total. The maximum atomic E-state index is 13.6. The molecule has 24 heavy (non-hydrogen) atoms. The van der Waals surface area contributed by atoms with Crippen LogP contribution in [0, 0.1) is 0 Å². The number of halogens is 4. The van der Waals surface area contributed by atoms with E-state index in [0.717, 1.165) is 0 Å². The first-order valence-electron chi connectivity index (χ1n) is 7.28. The highest BCUT2D eigenvalue weighted by molar-refractivity contribution is 9.10. The van der Waals surface area contributed by atoms with Crippen molar-refractivity contribution in [2.75, 3.05) is 0 Å². The van der Waals surface area contributed by atoms with E-state index >= 15 is 0 Å². The molecule has 0 radical (unpaired) electrons. The van der Waals surface area contributed by atoms with Crippen LogP contribution in [0.5, 0.6) is 0 Å². The Labute approximate surface area is 144 Å². The summed E-state index contributed by atoms with van der Waals surface area (Å²) in [5.74, 6) is -2.38. The van der Waals surface area contributed by atoms with Gasteiger partial charge in [0, 0.05) is 33.6 Å². The molecule has 0 spiro atoms. The Balaban J connectivity index is 2.01. The predicted molar refractivity (Wildman–Crippen MR) is 90.2 cm³/mol. The number of ketones is 1. The van der Waals surface area contributed by atoms with Crippen molar-refractivity contribution in [1.29, 1.82) is 0 Å². The maximum absolute atomic E-state index is 13.6. The molecular formula is C18H13BrF3NO. The van der Waals surface area contributed by atoms with Gasteiger partial charge in [0.2, 0.25) is 0 Å². The van der Waals surface area contributed by atoms with Crippen LogP contribution in [0.2, 0.25) is 0 Å². The zero-order chi connectivity index (χ0) is 17.3. The standard InChI is InChI=1S/C18H13BrF3NO/c19-12-6-7-16-13(8-12)14(10-23-16)15(18(20,21)22)9-17(24)11-4-2-1-3-5-11/h1-8,10,15,23H,9H2/t15-/m1/s1. The van der Waals surface area contributed by atoms with E-state index in [1.807, 2.05) is 0 Å². The molecule has 6 heteroatoms. The number of hydrogen-bond acceptors (Lipinski definition) is 1. The summed E-state index contributed by atoms with van der Waals surface area (Å²) in [5, 5.41) is 0.465. The highest BCUT2D eigenvalue weighted by atomic mass is 79.9. The predicted octanol–water partition coefficient (Wildman–Crippen LogP) is 5.85. The highest BCUT2D eigenvalue weighted by Crippen LogP contribution is 2.41. The minimum atomic E-state index is -4.51. The number of Topliss-reactive ketones (excluding diaryl/α,β-unsaturated/α-hetero) is 1. The van der Waals surface area contributed by atoms with Crippen LogP contribution in [-0.2, 0) is 0 Å². The van der Waals surface area contributed by atoms with Crippen LogP contribution in [0.3, 0.4) is 0 Å². The molecule has 0 aliphatic rings. The second-order valence-corrected chi connectivity index (χ2v) is 6.44. The Kier molecular flexibility index (Phi) is 4.49. The molecular weight excluding hydrogens is 383 g/mol. The zero-order valence-electron chi connectivity index (χ0n) is 12.4. The topological polar surface area (TPSA) is 32.9 Å². The van der Waals surface area contributed by atoms with Crippen molar-refractivity contribution in [3.8, 4) is 0 Å². The van der Waals surface area contributed by atoms with Gasteiger partial charge >= 0.3 is 6.18 Å². The Morgan fingerprint density at radius 3 is 2.50 bits per heavy atom. The van der Waals surface area contributed by atoms with Crippen molar-refractivity contribution < 1.29 is 18.0 Å². The van der Waals surface area contributed by atoms with Gasteiger partial charge < -0.3 is 4.98 Å². The fourth-order valence-corrected chi connectivity index (χ4v) is 3.09. The fourth-order valence-electron chi connectivity index (χ4n) is 2.73. The van der Waals surface area contributed by atoms with Crippen LogP contribution >= 0.6 is 15.9 Å². The molecule has 0 bridgehead atoms. The highest BCUT2D eigenvalue weighted by Gasteiger charge is 2.43. The number of rotatable bonds is 4. The lowest BCUT2D eigenvalue weighted by Gasteiger charge is -2.19. The van der Waals surface area contributed by atoms with Crippen LogP contribution in [0.4, 0.5) is 13.2 Å². The second kappa shape index (κ2) is 6.43. The first-order valence-corrected chi connectivity index (χ1v) is 8.07. The van der Waals surface area contributed by atoms with Gasteiger partial charge in [-0.3, -0.25) is 4.79 Å². The summed E-state index contributed by atoms with van der Waals surface area (Å²) in [5.41, 5.74) is 0.977. The van der Waals surface area contributed by atoms with Gasteiger partial charge in [-0.15, -0.1) is 0 Å². The number of fused-ring (bicyclic) bond motifs is 1. The van der Waals surface area contributed by atoms with Crippen molar-refractivity contribution in [3.05, 3.63) is 70.3 Å². The monoisotopic (exact) mass is 395 g/mol. The van der Waals surface area contributed by atoms with Crippen LogP contribution < -0.4 is 0 Å². The minimum absolute atomic E-state index is 0.0862. The van der Waals surface area contributed by atoms with Crippen molar-refractivity contribution in [1.82, 2.24) is 4.98 Å². The summed E-state index contributed by atoms with van der Waals surface area (Å²) in [7, 11) is 0. The van der Waals surface area contributed by atoms with Gasteiger partial charge in [-0.2, -0.15) is 13.2 Å². The van der Waals surface area contributed by atoms with E-state index in [1.165, 1.54) is 18.3 Å². The van der Waals surface area contributed by atoms with Crippen molar-refractivity contribution in [2.45, 2.75) is 18.5 Å². The van der Waals surface area contributed by atoms with E-state index in [2.05, 4.69) is 20.9 Å². The third-order valence-electron chi connectivity index (χ3n) is 3.93. The molecule has 0 saturated carbocycles. The Morgan fingerprint density at radius 1 is 1.12 bits per heavy atom. The van der Waals surface area contributed by atoms with E-state index in [1.54, 1.807) is 36.4 Å². The molecule has 1 aromatic heterocycles. The van der Waals surface area contributed by atoms with Crippen molar-refractivity contribution in [2.24, 2.45) is 0 Å². The Bertz CT molecular complexity index is 871. The van der Waals surface area contributed by atoms with Gasteiger partial charge in [-0.1, -0.05) is 46.3 Å². The number of carbonyl (C=O) groups is 1. The SMILES string of the molecule is O=C(C[C@H](c1c[nH]c2ccc(Br)cc12)C(F)(F)F)c1ccccc1. The van der Waals surface area contributed by atoms with Gasteiger partial charge in [0.25, 0.3) is 0 Å². The molecule has 0 unspecified atom stereocenters. The number of aromatic nitrogens is 1. The lowest BCUT2D eigenvalue weighted by Crippen LogP contribution is -2.23. The number of carbonyl (C=O) groups excluding carboxylic acids is 1. The van der Waals surface area contributed by atoms with Gasteiger partial charge in [0.1, 0.15) is 0 Å². The summed E-state index contributed by atoms with van der Waals surface area (Å²) in [6.45, 7) is 0. The van der Waals surface area contributed by atoms with Crippen LogP contribution in [0.25, 0.3) is 10.9 Å². The van der Waals surface area contributed by atoms with Crippen LogP contribution in [0.1, 0.15) is 28.3 Å². The molecule has 0 saturated heterocycles. The first kappa shape index (κ1) is 16.8. The normalized spacial score (nSPS) is 13.2. The molecule has 0 amide bonds. The summed E-state index contributed by atoms with van der Waals surface area (Å²) >= 11 is 3.28. The molecule has 0 aliphatic carbocycles. The van der Waals surface area contributed by atoms with Gasteiger partial charge in [-0.25, -0.2) is 0 Å². The summed E-state index contributed by atoms with van der Waals surface area (Å²) in [6, 6.07) is 13.1. The molecule has 2 nitrogen and oxygen atoms in total. The van der Waals surface area contributed by atoms with Gasteiger partial charge in [0.05, 0.1) is 5.92 Å². The summed E-state index contributed by atoms with van der Waals surface area (Å²) in [6.07, 6.45) is -3.79. The maximum Gasteiger partial charge on any atom is 0.396 e. The van der Waals surface area contributed by atoms with Gasteiger partial charge in [-0.05, 0) is 23.8 Å². The average molecular weight is 396 g/mol. The average Bonchev–Trinajstić information content (AvgIpc) is 2.94. The number of nitrogens with one attached hydrogen (secondary N) is 1. The quantitative estimate of drug-likeness (QED) is 0.552. The summed E-state index contributed by atoms with van der Waals surface area (Å²) in [4.78, 5) is 15.1. The smallest absolute Gasteiger partial charge is 0.361 e. The first-order chi connectivity index (χ1) is 11.4. The number of hydrogen-bond donors (Lipinski definition) is 1. The van der Waals surface area contributed by atoms with Crippen LogP contribution in [0.15, 0.2) is 59.2 Å². The van der Waals surface area contributed by atoms with Gasteiger partial charge in [0.15, 0.2) is 5.78 Å². The number of benzene rings is 2.